The summed E-state index contributed by atoms with van der Waals surface area (Å²) in [5.41, 5.74) is 0. The van der Waals surface area contributed by atoms with Gasteiger partial charge in [-0.05, 0) is 25.7 Å². The van der Waals surface area contributed by atoms with Gasteiger partial charge in [-0.2, -0.15) is 0 Å². The average molecular weight is 350 g/mol. The maximum atomic E-state index is 12.4. The van der Waals surface area contributed by atoms with Gasteiger partial charge < -0.3 is 10.2 Å². The van der Waals surface area contributed by atoms with E-state index in [1.807, 2.05) is 0 Å². The molecule has 3 rings (SSSR count). The molecule has 9 nitrogen and oxygen atoms in total. The number of hydrogen-bond donors (Lipinski definition) is 1. The minimum absolute atomic E-state index is 0.147. The molecule has 1 saturated heterocycles. The Morgan fingerprint density at radius 2 is 1.72 bits per heavy atom. The van der Waals surface area contributed by atoms with E-state index in [0.717, 1.165) is 35.5 Å². The summed E-state index contributed by atoms with van der Waals surface area (Å²) in [4.78, 5) is 63.4. The Balaban J connectivity index is 1.57. The number of likely N-dealkylation sites (N-methyl/N-ethyl adjacent to an activating group) is 1. The Kier molecular flexibility index (Phi) is 4.73. The summed E-state index contributed by atoms with van der Waals surface area (Å²) < 4.78 is 0. The molecule has 1 aliphatic heterocycles. The van der Waals surface area contributed by atoms with E-state index < -0.39 is 30.3 Å². The third-order valence-electron chi connectivity index (χ3n) is 4.82. The summed E-state index contributed by atoms with van der Waals surface area (Å²) in [6.07, 6.45) is 5.08. The van der Waals surface area contributed by atoms with Crippen LogP contribution < -0.4 is 5.32 Å². The quantitative estimate of drug-likeness (QED) is 0.511. The lowest BCUT2D eigenvalue weighted by molar-refractivity contribution is -0.145. The number of imide groups is 2. The first-order chi connectivity index (χ1) is 11.9. The van der Waals surface area contributed by atoms with E-state index in [2.05, 4.69) is 5.32 Å². The fourth-order valence-corrected chi connectivity index (χ4v) is 3.21. The van der Waals surface area contributed by atoms with Gasteiger partial charge in [0.25, 0.3) is 0 Å². The lowest BCUT2D eigenvalue weighted by Crippen LogP contribution is -2.46. The summed E-state index contributed by atoms with van der Waals surface area (Å²) in [5, 5.41) is 2.76. The van der Waals surface area contributed by atoms with Gasteiger partial charge in [0.1, 0.15) is 6.54 Å². The number of carbonyl (C=O) groups is 5. The van der Waals surface area contributed by atoms with Crippen LogP contribution in [-0.2, 0) is 19.2 Å². The van der Waals surface area contributed by atoms with Crippen LogP contribution >= 0.6 is 0 Å². The van der Waals surface area contributed by atoms with E-state index in [0.29, 0.717) is 17.7 Å². The summed E-state index contributed by atoms with van der Waals surface area (Å²) in [6.45, 7) is -0.675. The van der Waals surface area contributed by atoms with Crippen molar-refractivity contribution in [2.24, 2.45) is 0 Å². The molecule has 2 aliphatic carbocycles. The molecule has 0 aromatic rings. The molecular weight excluding hydrogens is 328 g/mol. The van der Waals surface area contributed by atoms with Crippen molar-refractivity contribution in [3.05, 3.63) is 0 Å². The summed E-state index contributed by atoms with van der Waals surface area (Å²) in [5.74, 6) is -2.67. The van der Waals surface area contributed by atoms with Crippen molar-refractivity contribution >= 4 is 29.7 Å². The maximum Gasteiger partial charge on any atom is 0.334 e. The molecule has 6 amide bonds. The molecular formula is C16H22N4O5. The molecule has 25 heavy (non-hydrogen) atoms. The number of amides is 6. The van der Waals surface area contributed by atoms with Gasteiger partial charge in [0, 0.05) is 19.1 Å². The second kappa shape index (κ2) is 6.81. The van der Waals surface area contributed by atoms with Crippen LogP contribution in [0.25, 0.3) is 0 Å². The van der Waals surface area contributed by atoms with Crippen LogP contribution in [0.3, 0.4) is 0 Å². The molecule has 0 aromatic heterocycles. The Hall–Kier alpha value is -2.45. The SMILES string of the molecule is CN(CC(=O)NC1CC1)C(=O)CN1C(=O)C(=O)N(C2CCCC2)C1=O. The molecule has 0 spiro atoms. The zero-order valence-electron chi connectivity index (χ0n) is 14.2. The first-order valence-corrected chi connectivity index (χ1v) is 8.61. The predicted octanol–water partition coefficient (Wildman–Crippen LogP) is -0.543. The van der Waals surface area contributed by atoms with Crippen molar-refractivity contribution in [1.29, 1.82) is 0 Å². The van der Waals surface area contributed by atoms with Crippen molar-refractivity contribution < 1.29 is 24.0 Å². The highest BCUT2D eigenvalue weighted by atomic mass is 16.2. The number of carbonyl (C=O) groups excluding carboxylic acids is 5. The number of nitrogens with one attached hydrogen (secondary N) is 1. The molecule has 0 atom stereocenters. The Bertz CT molecular complexity index is 624. The van der Waals surface area contributed by atoms with Crippen LogP contribution in [0.5, 0.6) is 0 Å². The van der Waals surface area contributed by atoms with Crippen LogP contribution in [0.1, 0.15) is 38.5 Å². The van der Waals surface area contributed by atoms with E-state index in [-0.39, 0.29) is 24.5 Å². The zero-order chi connectivity index (χ0) is 18.1. The fraction of sp³-hybridized carbons (Fsp3) is 0.688. The second-order valence-electron chi connectivity index (χ2n) is 6.88. The van der Waals surface area contributed by atoms with Gasteiger partial charge in [-0.25, -0.2) is 9.69 Å². The molecule has 0 unspecified atom stereocenters. The summed E-state index contributed by atoms with van der Waals surface area (Å²) in [7, 11) is 1.43. The summed E-state index contributed by atoms with van der Waals surface area (Å²) in [6, 6.07) is -0.799. The molecule has 3 aliphatic rings. The molecule has 0 aromatic carbocycles. The van der Waals surface area contributed by atoms with Gasteiger partial charge in [0.05, 0.1) is 6.54 Å². The Labute approximate surface area is 145 Å². The number of hydrogen-bond acceptors (Lipinski definition) is 5. The van der Waals surface area contributed by atoms with Gasteiger partial charge in [-0.3, -0.25) is 24.1 Å². The van der Waals surface area contributed by atoms with Crippen molar-refractivity contribution in [1.82, 2.24) is 20.0 Å². The van der Waals surface area contributed by atoms with Crippen LogP contribution in [0.4, 0.5) is 4.79 Å². The highest BCUT2D eigenvalue weighted by Gasteiger charge is 2.48. The van der Waals surface area contributed by atoms with Gasteiger partial charge in [-0.15, -0.1) is 0 Å². The van der Waals surface area contributed by atoms with E-state index in [1.54, 1.807) is 0 Å². The normalized spacial score (nSPS) is 21.2. The maximum absolute atomic E-state index is 12.4. The van der Waals surface area contributed by atoms with E-state index in [9.17, 15) is 24.0 Å². The number of rotatable bonds is 6. The van der Waals surface area contributed by atoms with Crippen LogP contribution in [-0.4, -0.2) is 76.6 Å². The van der Waals surface area contributed by atoms with Crippen LogP contribution in [0.15, 0.2) is 0 Å². The molecule has 3 fully saturated rings. The van der Waals surface area contributed by atoms with Crippen LogP contribution in [0, 0.1) is 0 Å². The minimum atomic E-state index is -0.971. The second-order valence-corrected chi connectivity index (χ2v) is 6.88. The standard InChI is InChI=1S/C16H22N4O5/c1-18(8-12(21)17-10-6-7-10)13(22)9-19-14(23)15(24)20(16(19)25)11-4-2-3-5-11/h10-11H,2-9H2,1H3,(H,17,21). The fourth-order valence-electron chi connectivity index (χ4n) is 3.21. The van der Waals surface area contributed by atoms with E-state index >= 15 is 0 Å². The van der Waals surface area contributed by atoms with Gasteiger partial charge in [-0.1, -0.05) is 12.8 Å². The average Bonchev–Trinajstić information content (AvgIpc) is 3.15. The van der Waals surface area contributed by atoms with Crippen molar-refractivity contribution in [3.63, 3.8) is 0 Å². The van der Waals surface area contributed by atoms with Gasteiger partial charge >= 0.3 is 17.8 Å². The topological polar surface area (TPSA) is 107 Å². The highest BCUT2D eigenvalue weighted by Crippen LogP contribution is 2.27. The van der Waals surface area contributed by atoms with Crippen LogP contribution in [0.2, 0.25) is 0 Å². The van der Waals surface area contributed by atoms with Crippen molar-refractivity contribution in [2.75, 3.05) is 20.1 Å². The lowest BCUT2D eigenvalue weighted by Gasteiger charge is -2.22. The molecule has 1 heterocycles. The zero-order valence-corrected chi connectivity index (χ0v) is 14.2. The minimum Gasteiger partial charge on any atom is -0.352 e. The Morgan fingerprint density at radius 1 is 1.08 bits per heavy atom. The first-order valence-electron chi connectivity index (χ1n) is 8.61. The lowest BCUT2D eigenvalue weighted by atomic mass is 10.2. The van der Waals surface area contributed by atoms with E-state index in [1.165, 1.54) is 7.05 Å². The monoisotopic (exact) mass is 350 g/mol. The number of nitrogens with zero attached hydrogens (tertiary/aromatic N) is 3. The van der Waals surface area contributed by atoms with E-state index in [4.69, 9.17) is 0 Å². The molecule has 1 N–H and O–H groups in total. The molecule has 0 radical (unpaired) electrons. The molecule has 0 bridgehead atoms. The van der Waals surface area contributed by atoms with Gasteiger partial charge in [0.15, 0.2) is 0 Å². The van der Waals surface area contributed by atoms with Crippen molar-refractivity contribution in [2.45, 2.75) is 50.6 Å². The molecule has 136 valence electrons. The largest absolute Gasteiger partial charge is 0.352 e. The smallest absolute Gasteiger partial charge is 0.334 e. The predicted molar refractivity (Wildman–Crippen MR) is 85.0 cm³/mol. The van der Waals surface area contributed by atoms with Gasteiger partial charge in [0.2, 0.25) is 11.8 Å². The van der Waals surface area contributed by atoms with Crippen molar-refractivity contribution in [3.8, 4) is 0 Å². The Morgan fingerprint density at radius 3 is 2.32 bits per heavy atom. The summed E-state index contributed by atoms with van der Waals surface area (Å²) >= 11 is 0. The first kappa shape index (κ1) is 17.4. The molecule has 9 heteroatoms. The number of urea groups is 1. The third kappa shape index (κ3) is 3.64. The third-order valence-corrected chi connectivity index (χ3v) is 4.82. The molecule has 2 saturated carbocycles. The highest BCUT2D eigenvalue weighted by molar-refractivity contribution is 6.45.